The Balaban J connectivity index is 2.37. The number of rotatable bonds is 3. The van der Waals surface area contributed by atoms with E-state index in [1.807, 2.05) is 18.2 Å². The number of hydrogen-bond donors (Lipinski definition) is 1. The third-order valence-electron chi connectivity index (χ3n) is 2.60. The first-order valence-corrected chi connectivity index (χ1v) is 5.59. The second kappa shape index (κ2) is 5.02. The van der Waals surface area contributed by atoms with Crippen molar-refractivity contribution < 1.29 is 9.90 Å². The van der Waals surface area contributed by atoms with E-state index in [9.17, 15) is 9.90 Å². The highest BCUT2D eigenvalue weighted by atomic mass is 35.5. The summed E-state index contributed by atoms with van der Waals surface area (Å²) in [6.07, 6.45) is 1.30. The van der Waals surface area contributed by atoms with Gasteiger partial charge in [-0.05, 0) is 29.3 Å². The Bertz CT molecular complexity index is 550. The molecule has 2 rings (SSSR count). The van der Waals surface area contributed by atoms with E-state index in [0.717, 1.165) is 11.8 Å². The van der Waals surface area contributed by atoms with Crippen LogP contribution in [0.25, 0.3) is 0 Å². The zero-order valence-electron chi connectivity index (χ0n) is 9.06. The smallest absolute Gasteiger partial charge is 0.150 e. The maximum absolute atomic E-state index is 10.9. The Labute approximate surface area is 104 Å². The molecule has 0 aliphatic heterocycles. The Hall–Kier alpha value is -1.80. The molecule has 0 aliphatic rings. The Morgan fingerprint density at radius 2 is 1.88 bits per heavy atom. The summed E-state index contributed by atoms with van der Waals surface area (Å²) in [5, 5.41) is 10.3. The molecule has 3 heteroatoms. The first kappa shape index (κ1) is 11.7. The lowest BCUT2D eigenvalue weighted by Gasteiger charge is -2.07. The van der Waals surface area contributed by atoms with Gasteiger partial charge in [-0.1, -0.05) is 35.9 Å². The molecule has 0 atom stereocenters. The van der Waals surface area contributed by atoms with Crippen molar-refractivity contribution in [1.29, 1.82) is 0 Å². The minimum absolute atomic E-state index is 0.190. The number of benzene rings is 2. The summed E-state index contributed by atoms with van der Waals surface area (Å²) >= 11 is 5.88. The van der Waals surface area contributed by atoms with Crippen molar-refractivity contribution in [2.75, 3.05) is 0 Å². The predicted octanol–water partition coefficient (Wildman–Crippen LogP) is 3.45. The van der Waals surface area contributed by atoms with Crippen LogP contribution in [0.4, 0.5) is 0 Å². The summed E-state index contributed by atoms with van der Waals surface area (Å²) in [5.41, 5.74) is 2.22. The third-order valence-corrected chi connectivity index (χ3v) is 2.84. The monoisotopic (exact) mass is 246 g/mol. The fourth-order valence-corrected chi connectivity index (χ4v) is 1.91. The molecule has 0 unspecified atom stereocenters. The molecule has 2 nitrogen and oxygen atoms in total. The van der Waals surface area contributed by atoms with Gasteiger partial charge in [0, 0.05) is 17.0 Å². The van der Waals surface area contributed by atoms with E-state index in [1.165, 1.54) is 0 Å². The average molecular weight is 247 g/mol. The first-order valence-electron chi connectivity index (χ1n) is 5.21. The number of aromatic hydroxyl groups is 1. The summed E-state index contributed by atoms with van der Waals surface area (Å²) in [6.45, 7) is 0. The molecule has 1 N–H and O–H groups in total. The van der Waals surface area contributed by atoms with Crippen molar-refractivity contribution in [1.82, 2.24) is 0 Å². The summed E-state index contributed by atoms with van der Waals surface area (Å²) in [4.78, 5) is 10.9. The first-order chi connectivity index (χ1) is 8.20. The van der Waals surface area contributed by atoms with E-state index in [-0.39, 0.29) is 5.75 Å². The highest BCUT2D eigenvalue weighted by Gasteiger charge is 2.06. The van der Waals surface area contributed by atoms with Gasteiger partial charge in [-0.25, -0.2) is 0 Å². The highest BCUT2D eigenvalue weighted by Crippen LogP contribution is 2.24. The number of carbonyl (C=O) groups is 1. The van der Waals surface area contributed by atoms with Crippen LogP contribution >= 0.6 is 11.6 Å². The molecule has 0 heterocycles. The van der Waals surface area contributed by atoms with E-state index < -0.39 is 0 Å². The van der Waals surface area contributed by atoms with E-state index >= 15 is 0 Å². The number of halogens is 1. The maximum atomic E-state index is 10.9. The number of phenols is 1. The summed E-state index contributed by atoms with van der Waals surface area (Å²) in [7, 11) is 0. The number of carbonyl (C=O) groups excluding carboxylic acids is 1. The van der Waals surface area contributed by atoms with Crippen LogP contribution in [0.15, 0.2) is 42.5 Å². The van der Waals surface area contributed by atoms with Gasteiger partial charge in [0.15, 0.2) is 0 Å². The van der Waals surface area contributed by atoms with Crippen LogP contribution in [0.3, 0.4) is 0 Å². The summed E-state index contributed by atoms with van der Waals surface area (Å²) in [6, 6.07) is 12.2. The van der Waals surface area contributed by atoms with Crippen LogP contribution in [0, 0.1) is 0 Å². The van der Waals surface area contributed by atoms with Crippen LogP contribution in [0.1, 0.15) is 21.5 Å². The fraction of sp³-hybridized carbons (Fsp3) is 0.0714. The average Bonchev–Trinajstić information content (AvgIpc) is 2.34. The molecular formula is C14H11ClO2. The van der Waals surface area contributed by atoms with Crippen LogP contribution < -0.4 is 0 Å². The van der Waals surface area contributed by atoms with Crippen LogP contribution in [-0.4, -0.2) is 11.4 Å². The van der Waals surface area contributed by atoms with Crippen molar-refractivity contribution in [2.45, 2.75) is 6.42 Å². The fourth-order valence-electron chi connectivity index (χ4n) is 1.71. The lowest BCUT2D eigenvalue weighted by molar-refractivity contribution is 0.112. The molecule has 0 aliphatic carbocycles. The predicted molar refractivity (Wildman–Crippen MR) is 67.8 cm³/mol. The van der Waals surface area contributed by atoms with E-state index in [4.69, 9.17) is 11.6 Å². The lowest BCUT2D eigenvalue weighted by atomic mass is 10.00. The summed E-state index contributed by atoms with van der Waals surface area (Å²) in [5.74, 6) is 0.190. The normalized spacial score (nSPS) is 10.2. The molecule has 0 amide bonds. The van der Waals surface area contributed by atoms with Gasteiger partial charge in [0.1, 0.15) is 12.0 Å². The number of aldehydes is 1. The van der Waals surface area contributed by atoms with Crippen LogP contribution in [0.2, 0.25) is 5.02 Å². The number of phenolic OH excluding ortho intramolecular Hbond substituents is 1. The second-order valence-corrected chi connectivity index (χ2v) is 4.20. The van der Waals surface area contributed by atoms with Gasteiger partial charge in [0.05, 0.1) is 0 Å². The highest BCUT2D eigenvalue weighted by molar-refractivity contribution is 6.30. The molecule has 0 bridgehead atoms. The molecule has 0 radical (unpaired) electrons. The minimum atomic E-state index is 0.190. The van der Waals surface area contributed by atoms with Crippen molar-refractivity contribution in [3.63, 3.8) is 0 Å². The van der Waals surface area contributed by atoms with Crippen molar-refractivity contribution in [2.24, 2.45) is 0 Å². The molecule has 17 heavy (non-hydrogen) atoms. The van der Waals surface area contributed by atoms with Gasteiger partial charge < -0.3 is 5.11 Å². The van der Waals surface area contributed by atoms with E-state index in [2.05, 4.69) is 0 Å². The van der Waals surface area contributed by atoms with Gasteiger partial charge in [-0.2, -0.15) is 0 Å². The standard InChI is InChI=1S/C14H11ClO2/c15-13-5-6-14(17)12(8-13)7-10-3-1-2-4-11(10)9-16/h1-6,8-9,17H,7H2. The molecule has 86 valence electrons. The van der Waals surface area contributed by atoms with Crippen molar-refractivity contribution in [3.8, 4) is 5.75 Å². The zero-order chi connectivity index (χ0) is 12.3. The van der Waals surface area contributed by atoms with Gasteiger partial charge in [0.2, 0.25) is 0 Å². The Kier molecular flexibility index (Phi) is 3.45. The minimum Gasteiger partial charge on any atom is -0.508 e. The van der Waals surface area contributed by atoms with Gasteiger partial charge >= 0.3 is 0 Å². The van der Waals surface area contributed by atoms with Gasteiger partial charge in [0.25, 0.3) is 0 Å². The van der Waals surface area contributed by atoms with Crippen LogP contribution in [0.5, 0.6) is 5.75 Å². The molecule has 2 aromatic carbocycles. The largest absolute Gasteiger partial charge is 0.508 e. The number of hydrogen-bond acceptors (Lipinski definition) is 2. The second-order valence-electron chi connectivity index (χ2n) is 3.77. The van der Waals surface area contributed by atoms with Gasteiger partial charge in [-0.3, -0.25) is 4.79 Å². The third kappa shape index (κ3) is 2.66. The maximum Gasteiger partial charge on any atom is 0.150 e. The molecule has 0 saturated carbocycles. The van der Waals surface area contributed by atoms with E-state index in [1.54, 1.807) is 24.3 Å². The Morgan fingerprint density at radius 1 is 1.12 bits per heavy atom. The molecule has 2 aromatic rings. The van der Waals surface area contributed by atoms with Crippen LogP contribution in [-0.2, 0) is 6.42 Å². The topological polar surface area (TPSA) is 37.3 Å². The zero-order valence-corrected chi connectivity index (χ0v) is 9.82. The molecule has 0 aromatic heterocycles. The quantitative estimate of drug-likeness (QED) is 0.843. The van der Waals surface area contributed by atoms with Crippen molar-refractivity contribution in [3.05, 3.63) is 64.2 Å². The Morgan fingerprint density at radius 3 is 2.65 bits per heavy atom. The lowest BCUT2D eigenvalue weighted by Crippen LogP contribution is -1.94. The SMILES string of the molecule is O=Cc1ccccc1Cc1cc(Cl)ccc1O. The molecule has 0 spiro atoms. The molecular weight excluding hydrogens is 236 g/mol. The molecule has 0 saturated heterocycles. The van der Waals surface area contributed by atoms with Crippen molar-refractivity contribution >= 4 is 17.9 Å². The summed E-state index contributed by atoms with van der Waals surface area (Å²) < 4.78 is 0. The van der Waals surface area contributed by atoms with Gasteiger partial charge in [-0.15, -0.1) is 0 Å². The van der Waals surface area contributed by atoms with E-state index in [0.29, 0.717) is 22.6 Å². The molecule has 0 fully saturated rings.